The summed E-state index contributed by atoms with van der Waals surface area (Å²) in [5.41, 5.74) is 6.39. The maximum absolute atomic E-state index is 10.4. The lowest BCUT2D eigenvalue weighted by atomic mass is 10.1. The van der Waals surface area contributed by atoms with Crippen molar-refractivity contribution in [1.82, 2.24) is 0 Å². The Labute approximate surface area is 78.9 Å². The van der Waals surface area contributed by atoms with E-state index in [0.29, 0.717) is 6.42 Å². The minimum atomic E-state index is -0.948. The second kappa shape index (κ2) is 6.43. The fourth-order valence-electron chi connectivity index (χ4n) is 0.965. The molecule has 3 nitrogen and oxygen atoms in total. The fourth-order valence-corrected chi connectivity index (χ4v) is 0.965. The summed E-state index contributed by atoms with van der Waals surface area (Å²) in [5.74, 6) is -0.948. The van der Waals surface area contributed by atoms with Crippen LogP contribution in [0.3, 0.4) is 0 Å². The molecule has 1 atom stereocenters. The lowest BCUT2D eigenvalue weighted by molar-refractivity contribution is -0.138. The van der Waals surface area contributed by atoms with Gasteiger partial charge in [0.1, 0.15) is 6.04 Å². The lowest BCUT2D eigenvalue weighted by Gasteiger charge is -2.05. The van der Waals surface area contributed by atoms with Gasteiger partial charge in [0.05, 0.1) is 0 Å². The van der Waals surface area contributed by atoms with E-state index < -0.39 is 12.0 Å². The molecule has 0 aromatic carbocycles. The summed E-state index contributed by atoms with van der Waals surface area (Å²) in [6.07, 6.45) is 6.08. The average Bonchev–Trinajstić information content (AvgIpc) is 2.04. The third-order valence-corrected chi connectivity index (χ3v) is 1.72. The Morgan fingerprint density at radius 1 is 1.62 bits per heavy atom. The Morgan fingerprint density at radius 2 is 2.23 bits per heavy atom. The molecule has 0 aromatic heterocycles. The van der Waals surface area contributed by atoms with Gasteiger partial charge in [0.25, 0.3) is 0 Å². The van der Waals surface area contributed by atoms with Gasteiger partial charge in [-0.25, -0.2) is 0 Å². The molecule has 0 aliphatic heterocycles. The van der Waals surface area contributed by atoms with Crippen LogP contribution in [-0.2, 0) is 4.79 Å². The minimum Gasteiger partial charge on any atom is -0.480 e. The van der Waals surface area contributed by atoms with Crippen LogP contribution in [0.5, 0.6) is 0 Å². The third-order valence-electron chi connectivity index (χ3n) is 1.72. The Balaban J connectivity index is 3.83. The van der Waals surface area contributed by atoms with Crippen molar-refractivity contribution < 1.29 is 9.90 Å². The van der Waals surface area contributed by atoms with Gasteiger partial charge in [-0.2, -0.15) is 0 Å². The van der Waals surface area contributed by atoms with E-state index in [4.69, 9.17) is 10.8 Å². The van der Waals surface area contributed by atoms with Crippen LogP contribution in [0.2, 0.25) is 0 Å². The molecule has 0 aliphatic carbocycles. The topological polar surface area (TPSA) is 63.3 Å². The molecule has 0 rings (SSSR count). The van der Waals surface area contributed by atoms with E-state index in [1.54, 1.807) is 0 Å². The van der Waals surface area contributed by atoms with E-state index in [2.05, 4.69) is 6.58 Å². The van der Waals surface area contributed by atoms with Crippen LogP contribution in [-0.4, -0.2) is 17.1 Å². The molecule has 0 bridgehead atoms. The highest BCUT2D eigenvalue weighted by molar-refractivity contribution is 5.73. The molecule has 13 heavy (non-hydrogen) atoms. The normalized spacial score (nSPS) is 13.8. The number of hydrogen-bond acceptors (Lipinski definition) is 2. The summed E-state index contributed by atoms with van der Waals surface area (Å²) in [4.78, 5) is 10.4. The van der Waals surface area contributed by atoms with Crippen LogP contribution >= 0.6 is 0 Å². The molecule has 74 valence electrons. The molecule has 1 unspecified atom stereocenters. The zero-order valence-electron chi connectivity index (χ0n) is 7.99. The van der Waals surface area contributed by atoms with Crippen molar-refractivity contribution in [1.29, 1.82) is 0 Å². The van der Waals surface area contributed by atoms with Crippen molar-refractivity contribution >= 4 is 5.97 Å². The number of aliphatic carboxylic acids is 1. The summed E-state index contributed by atoms with van der Waals surface area (Å²) in [6, 6.07) is -0.778. The van der Waals surface area contributed by atoms with Crippen molar-refractivity contribution in [2.45, 2.75) is 32.2 Å². The van der Waals surface area contributed by atoms with Gasteiger partial charge in [0.2, 0.25) is 0 Å². The fraction of sp³-hybridized carbons (Fsp3) is 0.500. The summed E-state index contributed by atoms with van der Waals surface area (Å²) >= 11 is 0. The number of allylic oxidation sites excluding steroid dienone is 2. The van der Waals surface area contributed by atoms with Crippen LogP contribution in [0, 0.1) is 0 Å². The lowest BCUT2D eigenvalue weighted by Crippen LogP contribution is -2.30. The first kappa shape index (κ1) is 11.9. The minimum absolute atomic E-state index is 0.423. The summed E-state index contributed by atoms with van der Waals surface area (Å²) in [6.45, 7) is 5.49. The SMILES string of the molecule is C=CCC/C=C(\C)CC(N)C(=O)O. The zero-order valence-corrected chi connectivity index (χ0v) is 7.99. The van der Waals surface area contributed by atoms with Crippen LogP contribution in [0.1, 0.15) is 26.2 Å². The average molecular weight is 183 g/mol. The summed E-state index contributed by atoms with van der Waals surface area (Å²) in [5, 5.41) is 8.53. The Kier molecular flexibility index (Phi) is 5.89. The number of carbonyl (C=O) groups is 1. The molecule has 0 saturated carbocycles. The summed E-state index contributed by atoms with van der Waals surface area (Å²) < 4.78 is 0. The molecule has 3 heteroatoms. The largest absolute Gasteiger partial charge is 0.480 e. The zero-order chi connectivity index (χ0) is 10.3. The Bertz CT molecular complexity index is 209. The Morgan fingerprint density at radius 3 is 2.69 bits per heavy atom. The van der Waals surface area contributed by atoms with Crippen LogP contribution in [0.4, 0.5) is 0 Å². The number of rotatable bonds is 6. The number of hydrogen-bond donors (Lipinski definition) is 2. The van der Waals surface area contributed by atoms with Crippen molar-refractivity contribution in [3.63, 3.8) is 0 Å². The van der Waals surface area contributed by atoms with Crippen molar-refractivity contribution in [2.75, 3.05) is 0 Å². The summed E-state index contributed by atoms with van der Waals surface area (Å²) in [7, 11) is 0. The molecule has 3 N–H and O–H groups in total. The van der Waals surface area contributed by atoms with Crippen LogP contribution < -0.4 is 5.73 Å². The highest BCUT2D eigenvalue weighted by atomic mass is 16.4. The number of unbranched alkanes of at least 4 members (excludes halogenated alkanes) is 1. The first-order valence-electron chi connectivity index (χ1n) is 4.32. The molecule has 0 aromatic rings. The second-order valence-corrected chi connectivity index (χ2v) is 3.07. The molecule has 0 saturated heterocycles. The van der Waals surface area contributed by atoms with Crippen molar-refractivity contribution in [2.24, 2.45) is 5.73 Å². The van der Waals surface area contributed by atoms with Gasteiger partial charge >= 0.3 is 5.97 Å². The van der Waals surface area contributed by atoms with Gasteiger partial charge in [-0.1, -0.05) is 17.7 Å². The second-order valence-electron chi connectivity index (χ2n) is 3.07. The van der Waals surface area contributed by atoms with E-state index in [0.717, 1.165) is 18.4 Å². The predicted molar refractivity (Wildman–Crippen MR) is 53.4 cm³/mol. The standard InChI is InChI=1S/C10H17NO2/c1-3-4-5-6-8(2)7-9(11)10(12)13/h3,6,9H,1,4-5,7,11H2,2H3,(H,12,13)/b8-6+. The highest BCUT2D eigenvalue weighted by Gasteiger charge is 2.10. The van der Waals surface area contributed by atoms with E-state index in [1.807, 2.05) is 19.1 Å². The van der Waals surface area contributed by atoms with Gasteiger partial charge < -0.3 is 10.8 Å². The first-order valence-corrected chi connectivity index (χ1v) is 4.32. The molecule has 0 heterocycles. The first-order chi connectivity index (χ1) is 6.07. The van der Waals surface area contributed by atoms with Gasteiger partial charge in [0, 0.05) is 0 Å². The molecule has 0 aliphatic rings. The molecule has 0 amide bonds. The van der Waals surface area contributed by atoms with E-state index in [9.17, 15) is 4.79 Å². The van der Waals surface area contributed by atoms with E-state index in [1.165, 1.54) is 0 Å². The number of nitrogens with two attached hydrogens (primary N) is 1. The highest BCUT2D eigenvalue weighted by Crippen LogP contribution is 2.05. The van der Waals surface area contributed by atoms with Crippen molar-refractivity contribution in [3.8, 4) is 0 Å². The van der Waals surface area contributed by atoms with Crippen LogP contribution in [0.15, 0.2) is 24.3 Å². The quantitative estimate of drug-likeness (QED) is 0.486. The van der Waals surface area contributed by atoms with Gasteiger partial charge in [-0.15, -0.1) is 6.58 Å². The number of carboxylic acid groups (broad SMARTS) is 1. The molecule has 0 spiro atoms. The van der Waals surface area contributed by atoms with E-state index >= 15 is 0 Å². The molecule has 0 radical (unpaired) electrons. The third kappa shape index (κ3) is 6.11. The maximum Gasteiger partial charge on any atom is 0.320 e. The number of carboxylic acids is 1. The maximum atomic E-state index is 10.4. The Hall–Kier alpha value is -1.09. The predicted octanol–water partition coefficient (Wildman–Crippen LogP) is 1.70. The van der Waals surface area contributed by atoms with Crippen LogP contribution in [0.25, 0.3) is 0 Å². The van der Waals surface area contributed by atoms with Gasteiger partial charge in [-0.3, -0.25) is 4.79 Å². The van der Waals surface area contributed by atoms with Gasteiger partial charge in [0.15, 0.2) is 0 Å². The molecule has 0 fully saturated rings. The van der Waals surface area contributed by atoms with Gasteiger partial charge in [-0.05, 0) is 26.2 Å². The molecular formula is C10H17NO2. The van der Waals surface area contributed by atoms with Crippen molar-refractivity contribution in [3.05, 3.63) is 24.3 Å². The monoisotopic (exact) mass is 183 g/mol. The smallest absolute Gasteiger partial charge is 0.320 e. The molecular weight excluding hydrogens is 166 g/mol. The van der Waals surface area contributed by atoms with E-state index in [-0.39, 0.29) is 0 Å².